The molecule has 0 aromatic carbocycles. The first-order valence-electron chi connectivity index (χ1n) is 8.29. The third-order valence-electron chi connectivity index (χ3n) is 4.51. The van der Waals surface area contributed by atoms with Crippen molar-refractivity contribution in [2.75, 3.05) is 6.54 Å². The van der Waals surface area contributed by atoms with E-state index in [1.54, 1.807) is 0 Å². The zero-order valence-corrected chi connectivity index (χ0v) is 13.7. The molecular weight excluding hydrogens is 248 g/mol. The lowest BCUT2D eigenvalue weighted by atomic mass is 9.63. The number of rotatable bonds is 6. The Morgan fingerprint density at radius 3 is 2.20 bits per heavy atom. The van der Waals surface area contributed by atoms with Crippen molar-refractivity contribution in [1.82, 2.24) is 10.6 Å². The molecule has 0 bridgehead atoms. The molecule has 0 aliphatic heterocycles. The molecule has 0 radical (unpaired) electrons. The molecule has 2 rings (SSSR count). The van der Waals surface area contributed by atoms with Gasteiger partial charge >= 0.3 is 0 Å². The van der Waals surface area contributed by atoms with Gasteiger partial charge in [0.05, 0.1) is 0 Å². The molecule has 0 heterocycles. The number of hydrogen-bond donors (Lipinski definition) is 2. The molecule has 2 fully saturated rings. The van der Waals surface area contributed by atoms with Gasteiger partial charge in [-0.3, -0.25) is 4.79 Å². The van der Waals surface area contributed by atoms with E-state index < -0.39 is 0 Å². The third kappa shape index (κ3) is 5.43. The average Bonchev–Trinajstić information content (AvgIpc) is 3.04. The Labute approximate surface area is 124 Å². The van der Waals surface area contributed by atoms with Crippen molar-refractivity contribution in [2.45, 2.75) is 84.7 Å². The summed E-state index contributed by atoms with van der Waals surface area (Å²) in [6.07, 6.45) is 7.79. The van der Waals surface area contributed by atoms with Crippen molar-refractivity contribution >= 4 is 5.91 Å². The molecule has 0 aromatic rings. The maximum absolute atomic E-state index is 11.6. The Bertz CT molecular complexity index is 329. The molecule has 3 nitrogen and oxygen atoms in total. The van der Waals surface area contributed by atoms with E-state index >= 15 is 0 Å². The number of carbonyl (C=O) groups is 1. The summed E-state index contributed by atoms with van der Waals surface area (Å²) in [7, 11) is 0. The zero-order chi connectivity index (χ0) is 14.8. The molecule has 116 valence electrons. The van der Waals surface area contributed by atoms with Gasteiger partial charge in [-0.05, 0) is 55.9 Å². The summed E-state index contributed by atoms with van der Waals surface area (Å²) in [6.45, 7) is 10.5. The highest BCUT2D eigenvalue weighted by Crippen LogP contribution is 2.45. The van der Waals surface area contributed by atoms with E-state index in [4.69, 9.17) is 0 Å². The smallest absolute Gasteiger partial charge is 0.220 e. The second-order valence-electron chi connectivity index (χ2n) is 8.51. The topological polar surface area (TPSA) is 41.1 Å². The fourth-order valence-electron chi connectivity index (χ4n) is 4.07. The molecule has 2 saturated carbocycles. The summed E-state index contributed by atoms with van der Waals surface area (Å²) in [6, 6.07) is 1.11. The van der Waals surface area contributed by atoms with Gasteiger partial charge in [-0.25, -0.2) is 0 Å². The van der Waals surface area contributed by atoms with Gasteiger partial charge in [-0.15, -0.1) is 0 Å². The highest BCUT2D eigenvalue weighted by molar-refractivity contribution is 5.76. The summed E-state index contributed by atoms with van der Waals surface area (Å²) in [5.41, 5.74) is 0.867. The molecule has 20 heavy (non-hydrogen) atoms. The van der Waals surface area contributed by atoms with E-state index in [9.17, 15) is 4.79 Å². The first-order valence-corrected chi connectivity index (χ1v) is 8.29. The SMILES string of the molecule is CC1(C)CC(NCCCC(=O)NC2CC2)CC(C)(C)C1. The van der Waals surface area contributed by atoms with Crippen LogP contribution >= 0.6 is 0 Å². The van der Waals surface area contributed by atoms with Crippen LogP contribution in [0.1, 0.15) is 72.6 Å². The van der Waals surface area contributed by atoms with Crippen LogP contribution in [-0.4, -0.2) is 24.5 Å². The lowest BCUT2D eigenvalue weighted by Gasteiger charge is -2.45. The van der Waals surface area contributed by atoms with E-state index in [1.165, 1.54) is 32.1 Å². The predicted octanol–water partition coefficient (Wildman–Crippen LogP) is 3.24. The summed E-state index contributed by atoms with van der Waals surface area (Å²) in [4.78, 5) is 11.6. The van der Waals surface area contributed by atoms with Gasteiger partial charge in [0.2, 0.25) is 5.91 Å². The lowest BCUT2D eigenvalue weighted by molar-refractivity contribution is -0.121. The maximum Gasteiger partial charge on any atom is 0.220 e. The van der Waals surface area contributed by atoms with Crippen molar-refractivity contribution in [3.8, 4) is 0 Å². The molecule has 0 unspecified atom stereocenters. The molecule has 3 heteroatoms. The molecule has 2 aliphatic rings. The molecule has 2 N–H and O–H groups in total. The molecule has 0 atom stereocenters. The van der Waals surface area contributed by atoms with Crippen molar-refractivity contribution in [1.29, 1.82) is 0 Å². The Hall–Kier alpha value is -0.570. The summed E-state index contributed by atoms with van der Waals surface area (Å²) < 4.78 is 0. The van der Waals surface area contributed by atoms with E-state index in [0.717, 1.165) is 13.0 Å². The number of nitrogens with one attached hydrogen (secondary N) is 2. The van der Waals surface area contributed by atoms with Gasteiger partial charge in [0.1, 0.15) is 0 Å². The first-order chi connectivity index (χ1) is 9.26. The van der Waals surface area contributed by atoms with Crippen LogP contribution in [0.4, 0.5) is 0 Å². The molecule has 1 amide bonds. The van der Waals surface area contributed by atoms with Gasteiger partial charge in [-0.2, -0.15) is 0 Å². The van der Waals surface area contributed by atoms with Crippen LogP contribution in [0.2, 0.25) is 0 Å². The third-order valence-corrected chi connectivity index (χ3v) is 4.51. The average molecular weight is 280 g/mol. The normalized spacial score (nSPS) is 25.4. The van der Waals surface area contributed by atoms with E-state index in [2.05, 4.69) is 38.3 Å². The van der Waals surface area contributed by atoms with Gasteiger partial charge in [0.15, 0.2) is 0 Å². The van der Waals surface area contributed by atoms with Gasteiger partial charge in [0.25, 0.3) is 0 Å². The van der Waals surface area contributed by atoms with Crippen LogP contribution in [0.25, 0.3) is 0 Å². The van der Waals surface area contributed by atoms with Crippen LogP contribution < -0.4 is 10.6 Å². The van der Waals surface area contributed by atoms with E-state index in [1.807, 2.05) is 0 Å². The standard InChI is InChI=1S/C17H32N2O/c1-16(2)10-14(11-17(3,4)12-16)18-9-5-6-15(20)19-13-7-8-13/h13-14,18H,5-12H2,1-4H3,(H,19,20). The zero-order valence-electron chi connectivity index (χ0n) is 13.7. The molecule has 2 aliphatic carbocycles. The summed E-state index contributed by atoms with van der Waals surface area (Å²) >= 11 is 0. The minimum Gasteiger partial charge on any atom is -0.353 e. The Morgan fingerprint density at radius 1 is 1.05 bits per heavy atom. The summed E-state index contributed by atoms with van der Waals surface area (Å²) in [5, 5.41) is 6.73. The van der Waals surface area contributed by atoms with E-state index in [-0.39, 0.29) is 5.91 Å². The van der Waals surface area contributed by atoms with Gasteiger partial charge in [-0.1, -0.05) is 27.7 Å². The summed E-state index contributed by atoms with van der Waals surface area (Å²) in [5.74, 6) is 0.235. The van der Waals surface area contributed by atoms with Crippen molar-refractivity contribution in [3.63, 3.8) is 0 Å². The van der Waals surface area contributed by atoms with Crippen LogP contribution in [0.15, 0.2) is 0 Å². The maximum atomic E-state index is 11.6. The predicted molar refractivity (Wildman–Crippen MR) is 83.6 cm³/mol. The first kappa shape index (κ1) is 15.8. The van der Waals surface area contributed by atoms with Gasteiger partial charge < -0.3 is 10.6 Å². The highest BCUT2D eigenvalue weighted by Gasteiger charge is 2.38. The number of carbonyl (C=O) groups excluding carboxylic acids is 1. The second kappa shape index (κ2) is 6.05. The van der Waals surface area contributed by atoms with E-state index in [0.29, 0.717) is 29.3 Å². The Morgan fingerprint density at radius 2 is 1.65 bits per heavy atom. The lowest BCUT2D eigenvalue weighted by Crippen LogP contribution is -2.44. The molecule has 0 aromatic heterocycles. The Kier molecular flexibility index (Phi) is 4.78. The largest absolute Gasteiger partial charge is 0.353 e. The molecule has 0 saturated heterocycles. The fraction of sp³-hybridized carbons (Fsp3) is 0.941. The van der Waals surface area contributed by atoms with Gasteiger partial charge in [0, 0.05) is 18.5 Å². The van der Waals surface area contributed by atoms with Crippen molar-refractivity contribution in [3.05, 3.63) is 0 Å². The van der Waals surface area contributed by atoms with Crippen molar-refractivity contribution in [2.24, 2.45) is 10.8 Å². The van der Waals surface area contributed by atoms with Crippen molar-refractivity contribution < 1.29 is 4.79 Å². The van der Waals surface area contributed by atoms with Crippen LogP contribution in [0.3, 0.4) is 0 Å². The van der Waals surface area contributed by atoms with Crippen LogP contribution in [-0.2, 0) is 4.79 Å². The van der Waals surface area contributed by atoms with Crippen LogP contribution in [0, 0.1) is 10.8 Å². The molecular formula is C17H32N2O. The number of hydrogen-bond acceptors (Lipinski definition) is 2. The number of amides is 1. The molecule has 0 spiro atoms. The Balaban J connectivity index is 1.64. The second-order valence-corrected chi connectivity index (χ2v) is 8.51. The van der Waals surface area contributed by atoms with Crippen LogP contribution in [0.5, 0.6) is 0 Å². The highest BCUT2D eigenvalue weighted by atomic mass is 16.1. The fourth-order valence-corrected chi connectivity index (χ4v) is 4.07. The quantitative estimate of drug-likeness (QED) is 0.733. The minimum absolute atomic E-state index is 0.235. The monoisotopic (exact) mass is 280 g/mol. The minimum atomic E-state index is 0.235.